The average Bonchev–Trinajstić information content (AvgIpc) is 2.35. The van der Waals surface area contributed by atoms with E-state index in [0.717, 1.165) is 5.56 Å². The Hall–Kier alpha value is -1.58. The van der Waals surface area contributed by atoms with E-state index in [1.807, 2.05) is 12.1 Å². The van der Waals surface area contributed by atoms with E-state index in [4.69, 9.17) is 23.2 Å². The second-order valence-electron chi connectivity index (χ2n) is 3.77. The van der Waals surface area contributed by atoms with Crippen LogP contribution in [0, 0.1) is 0 Å². The zero-order valence-electron chi connectivity index (χ0n) is 9.32. The molecule has 0 aliphatic carbocycles. The Morgan fingerprint density at radius 3 is 2.22 bits per heavy atom. The molecule has 0 unspecified atom stereocenters. The highest BCUT2D eigenvalue weighted by Crippen LogP contribution is 2.34. The molecule has 94 valence electrons. The van der Waals surface area contributed by atoms with Gasteiger partial charge in [0.1, 0.15) is 5.75 Å². The number of phenols is 2. The highest BCUT2D eigenvalue weighted by atomic mass is 35.5. The smallest absolute Gasteiger partial charge is 0.152 e. The molecular weight excluding hydrogens is 273 g/mol. The molecule has 2 aromatic carbocycles. The molecule has 2 rings (SSSR count). The molecule has 3 nitrogen and oxygen atoms in total. The van der Waals surface area contributed by atoms with Gasteiger partial charge in [0.2, 0.25) is 0 Å². The second-order valence-corrected chi connectivity index (χ2v) is 4.59. The number of benzene rings is 2. The summed E-state index contributed by atoms with van der Waals surface area (Å²) in [4.78, 5) is 0. The highest BCUT2D eigenvalue weighted by Gasteiger charge is 2.07. The van der Waals surface area contributed by atoms with Crippen LogP contribution in [0.2, 0.25) is 10.0 Å². The maximum absolute atomic E-state index is 9.61. The van der Waals surface area contributed by atoms with E-state index in [0.29, 0.717) is 12.2 Å². The lowest BCUT2D eigenvalue weighted by Gasteiger charge is -2.10. The van der Waals surface area contributed by atoms with Crippen LogP contribution in [0.1, 0.15) is 5.56 Å². The first-order valence-electron chi connectivity index (χ1n) is 5.26. The van der Waals surface area contributed by atoms with Crippen LogP contribution >= 0.6 is 23.2 Å². The summed E-state index contributed by atoms with van der Waals surface area (Å²) in [5.41, 5.74) is 1.43. The van der Waals surface area contributed by atoms with Gasteiger partial charge in [-0.1, -0.05) is 41.4 Å². The molecule has 18 heavy (non-hydrogen) atoms. The third-order valence-corrected chi connectivity index (χ3v) is 3.07. The van der Waals surface area contributed by atoms with E-state index in [-0.39, 0.29) is 21.5 Å². The lowest BCUT2D eigenvalue weighted by molar-refractivity contribution is 0.469. The minimum absolute atomic E-state index is 0.133. The second kappa shape index (κ2) is 5.38. The van der Waals surface area contributed by atoms with Gasteiger partial charge in [0.25, 0.3) is 0 Å². The van der Waals surface area contributed by atoms with Crippen LogP contribution < -0.4 is 5.32 Å². The molecule has 0 spiro atoms. The highest BCUT2D eigenvalue weighted by molar-refractivity contribution is 6.37. The van der Waals surface area contributed by atoms with Crippen molar-refractivity contribution in [3.8, 4) is 11.5 Å². The van der Waals surface area contributed by atoms with Crippen molar-refractivity contribution in [2.24, 2.45) is 0 Å². The third-order valence-electron chi connectivity index (χ3n) is 2.49. The number of para-hydroxylation sites is 1. The molecule has 0 radical (unpaired) electrons. The zero-order chi connectivity index (χ0) is 13.1. The van der Waals surface area contributed by atoms with E-state index in [2.05, 4.69) is 5.32 Å². The van der Waals surface area contributed by atoms with Gasteiger partial charge in [0.15, 0.2) is 5.75 Å². The Balaban J connectivity index is 2.14. The van der Waals surface area contributed by atoms with E-state index >= 15 is 0 Å². The lowest BCUT2D eigenvalue weighted by Crippen LogP contribution is -1.99. The molecule has 2 aromatic rings. The van der Waals surface area contributed by atoms with Crippen LogP contribution in [-0.4, -0.2) is 10.2 Å². The van der Waals surface area contributed by atoms with Gasteiger partial charge in [0.05, 0.1) is 10.0 Å². The summed E-state index contributed by atoms with van der Waals surface area (Å²) in [6, 6.07) is 10.2. The van der Waals surface area contributed by atoms with Crippen LogP contribution in [0.25, 0.3) is 0 Å². The van der Waals surface area contributed by atoms with Gasteiger partial charge >= 0.3 is 0 Å². The molecule has 3 N–H and O–H groups in total. The molecule has 0 saturated heterocycles. The van der Waals surface area contributed by atoms with Gasteiger partial charge in [-0.25, -0.2) is 0 Å². The zero-order valence-corrected chi connectivity index (χ0v) is 10.8. The van der Waals surface area contributed by atoms with Gasteiger partial charge < -0.3 is 15.5 Å². The van der Waals surface area contributed by atoms with E-state index < -0.39 is 0 Å². The quantitative estimate of drug-likeness (QED) is 0.746. The molecule has 5 heteroatoms. The molecule has 0 saturated carbocycles. The monoisotopic (exact) mass is 283 g/mol. The van der Waals surface area contributed by atoms with E-state index in [1.165, 1.54) is 0 Å². The number of hydrogen-bond donors (Lipinski definition) is 3. The largest absolute Gasteiger partial charge is 0.508 e. The van der Waals surface area contributed by atoms with Crippen LogP contribution in [0.15, 0.2) is 36.4 Å². The summed E-state index contributed by atoms with van der Waals surface area (Å²) in [7, 11) is 0. The fourth-order valence-corrected chi connectivity index (χ4v) is 2.01. The number of phenolic OH excluding ortho intramolecular Hbond substituents is 2. The van der Waals surface area contributed by atoms with Gasteiger partial charge in [-0.05, 0) is 18.2 Å². The maximum Gasteiger partial charge on any atom is 0.152 e. The Morgan fingerprint density at radius 1 is 1.00 bits per heavy atom. The van der Waals surface area contributed by atoms with Crippen molar-refractivity contribution in [2.45, 2.75) is 6.54 Å². The molecular formula is C13H11Cl2NO2. The summed E-state index contributed by atoms with van der Waals surface area (Å²) in [5.74, 6) is 0.0902. The van der Waals surface area contributed by atoms with Crippen LogP contribution in [0.3, 0.4) is 0 Å². The summed E-state index contributed by atoms with van der Waals surface area (Å²) in [5, 5.41) is 22.5. The number of halogens is 2. The number of anilines is 1. The first kappa shape index (κ1) is 12.9. The topological polar surface area (TPSA) is 52.5 Å². The Morgan fingerprint density at radius 2 is 1.61 bits per heavy atom. The van der Waals surface area contributed by atoms with Gasteiger partial charge in [-0.15, -0.1) is 0 Å². The summed E-state index contributed by atoms with van der Waals surface area (Å²) in [6.45, 7) is 0.435. The predicted molar refractivity (Wildman–Crippen MR) is 73.6 cm³/mol. The first-order chi connectivity index (χ1) is 8.58. The summed E-state index contributed by atoms with van der Waals surface area (Å²) >= 11 is 11.6. The normalized spacial score (nSPS) is 10.3. The number of nitrogens with one attached hydrogen (secondary N) is 1. The van der Waals surface area contributed by atoms with Gasteiger partial charge in [-0.2, -0.15) is 0 Å². The SMILES string of the molecule is Oc1ccccc1CNc1cc(Cl)c(O)c(Cl)c1. The maximum atomic E-state index is 9.61. The summed E-state index contributed by atoms with van der Waals surface area (Å²) in [6.07, 6.45) is 0. The van der Waals surface area contributed by atoms with Crippen LogP contribution in [0.4, 0.5) is 5.69 Å². The third kappa shape index (κ3) is 2.81. The van der Waals surface area contributed by atoms with Crippen molar-refractivity contribution in [2.75, 3.05) is 5.32 Å². The fourth-order valence-electron chi connectivity index (χ4n) is 1.53. The average molecular weight is 284 g/mol. The summed E-state index contributed by atoms with van der Waals surface area (Å²) < 4.78 is 0. The van der Waals surface area contributed by atoms with Crippen LogP contribution in [-0.2, 0) is 6.54 Å². The molecule has 0 fully saturated rings. The Kier molecular flexibility index (Phi) is 3.84. The van der Waals surface area contributed by atoms with Crippen molar-refractivity contribution in [1.82, 2.24) is 0 Å². The lowest BCUT2D eigenvalue weighted by atomic mass is 10.2. The molecule has 0 atom stereocenters. The standard InChI is InChI=1S/C13H11Cl2NO2/c14-10-5-9(6-11(15)13(10)18)16-7-8-3-1-2-4-12(8)17/h1-6,16-18H,7H2. The molecule has 0 amide bonds. The number of aromatic hydroxyl groups is 2. The molecule has 0 aromatic heterocycles. The molecule has 0 heterocycles. The number of hydrogen-bond acceptors (Lipinski definition) is 3. The van der Waals surface area contributed by atoms with Crippen molar-refractivity contribution >= 4 is 28.9 Å². The minimum atomic E-state index is -0.133. The molecule has 0 aliphatic rings. The first-order valence-corrected chi connectivity index (χ1v) is 6.02. The molecule has 0 bridgehead atoms. The van der Waals surface area contributed by atoms with Crippen molar-refractivity contribution < 1.29 is 10.2 Å². The fraction of sp³-hybridized carbons (Fsp3) is 0.0769. The van der Waals surface area contributed by atoms with E-state index in [1.54, 1.807) is 24.3 Å². The van der Waals surface area contributed by atoms with E-state index in [9.17, 15) is 10.2 Å². The Labute approximate surface area is 115 Å². The van der Waals surface area contributed by atoms with Gasteiger partial charge in [-0.3, -0.25) is 0 Å². The number of rotatable bonds is 3. The predicted octanol–water partition coefficient (Wildman–Crippen LogP) is 4.02. The van der Waals surface area contributed by atoms with Crippen molar-refractivity contribution in [3.63, 3.8) is 0 Å². The van der Waals surface area contributed by atoms with Crippen LogP contribution in [0.5, 0.6) is 11.5 Å². The Bertz CT molecular complexity index is 550. The van der Waals surface area contributed by atoms with Crippen molar-refractivity contribution in [3.05, 3.63) is 52.0 Å². The van der Waals surface area contributed by atoms with Gasteiger partial charge in [0, 0.05) is 17.8 Å². The molecule has 0 aliphatic heterocycles. The van der Waals surface area contributed by atoms with Crippen molar-refractivity contribution in [1.29, 1.82) is 0 Å². The minimum Gasteiger partial charge on any atom is -0.508 e.